The van der Waals surface area contributed by atoms with Crippen LogP contribution >= 0.6 is 0 Å². The Kier molecular flexibility index (Phi) is 8.74. The van der Waals surface area contributed by atoms with Gasteiger partial charge < -0.3 is 20.9 Å². The van der Waals surface area contributed by atoms with E-state index >= 15 is 0 Å². The summed E-state index contributed by atoms with van der Waals surface area (Å²) >= 11 is 0. The SMILES string of the molecule is CCCCN[C@H](C)[C@H]1C(=O)N[C@@H]1C(C)C(=O)C(=[N+]=[N-])C(=O)OCc1ccc([N+](=O)[O-])cc1. The average molecular weight is 445 g/mol. The second-order valence-corrected chi connectivity index (χ2v) is 7.76. The van der Waals surface area contributed by atoms with Crippen LogP contribution in [0.2, 0.25) is 0 Å². The highest BCUT2D eigenvalue weighted by molar-refractivity contribution is 6.62. The molecule has 1 saturated heterocycles. The first-order valence-corrected chi connectivity index (χ1v) is 10.4. The van der Waals surface area contributed by atoms with Crippen molar-refractivity contribution in [1.82, 2.24) is 10.6 Å². The number of β-lactam (4-membered cyclic amide) rings is 1. The number of carbonyl (C=O) groups excluding carboxylic acids is 3. The molecule has 2 rings (SSSR count). The number of hydrogen-bond acceptors (Lipinski definition) is 7. The van der Waals surface area contributed by atoms with Crippen molar-refractivity contribution in [3.05, 3.63) is 45.5 Å². The fourth-order valence-corrected chi connectivity index (χ4v) is 3.53. The summed E-state index contributed by atoms with van der Waals surface area (Å²) in [7, 11) is 0. The first kappa shape index (κ1) is 24.8. The van der Waals surface area contributed by atoms with Gasteiger partial charge in [-0.05, 0) is 37.6 Å². The van der Waals surface area contributed by atoms with Crippen LogP contribution in [-0.2, 0) is 25.7 Å². The molecule has 0 radical (unpaired) electrons. The summed E-state index contributed by atoms with van der Waals surface area (Å²) in [6.45, 7) is 5.95. The number of benzene rings is 1. The molecule has 4 atom stereocenters. The molecule has 1 aromatic rings. The van der Waals surface area contributed by atoms with Crippen molar-refractivity contribution in [2.24, 2.45) is 11.8 Å². The van der Waals surface area contributed by atoms with Crippen molar-refractivity contribution in [2.45, 2.75) is 52.3 Å². The molecule has 0 aliphatic carbocycles. The van der Waals surface area contributed by atoms with Gasteiger partial charge in [-0.1, -0.05) is 20.3 Å². The van der Waals surface area contributed by atoms with Gasteiger partial charge in [-0.15, -0.1) is 0 Å². The van der Waals surface area contributed by atoms with E-state index in [9.17, 15) is 30.0 Å². The van der Waals surface area contributed by atoms with Crippen LogP contribution in [0.25, 0.3) is 5.53 Å². The van der Waals surface area contributed by atoms with Gasteiger partial charge in [0.05, 0.1) is 16.9 Å². The number of non-ortho nitro benzene ring substituents is 1. The molecule has 11 heteroatoms. The molecule has 1 aliphatic heterocycles. The van der Waals surface area contributed by atoms with E-state index < -0.39 is 40.3 Å². The fraction of sp³-hybridized carbons (Fsp3) is 0.524. The Balaban J connectivity index is 1.98. The van der Waals surface area contributed by atoms with Crippen LogP contribution in [0.5, 0.6) is 0 Å². The Hall–Kier alpha value is -3.43. The van der Waals surface area contributed by atoms with Crippen molar-refractivity contribution in [2.75, 3.05) is 6.54 Å². The number of Topliss-reactive ketones (excluding diaryl/α,β-unsaturated/α-hetero) is 1. The standard InChI is InChI=1S/C21H27N5O6/c1-4-5-10-23-13(3)16-17(24-20(16)28)12(2)19(27)18(25-22)21(29)32-11-14-6-8-15(9-7-14)26(30)31/h6-9,12-13,16-17,23H,4-5,10-11H2,1-3H3,(H,24,28)/t12?,13-,16-,17-/m1/s1. The summed E-state index contributed by atoms with van der Waals surface area (Å²) in [5, 5.41) is 16.7. The molecule has 1 aliphatic rings. The van der Waals surface area contributed by atoms with Crippen molar-refractivity contribution in [3.8, 4) is 0 Å². The maximum absolute atomic E-state index is 12.8. The highest BCUT2D eigenvalue weighted by Crippen LogP contribution is 2.26. The van der Waals surface area contributed by atoms with Gasteiger partial charge in [0.25, 0.3) is 11.5 Å². The highest BCUT2D eigenvalue weighted by Gasteiger charge is 2.50. The monoisotopic (exact) mass is 445 g/mol. The van der Waals surface area contributed by atoms with E-state index in [4.69, 9.17) is 4.74 Å². The summed E-state index contributed by atoms with van der Waals surface area (Å²) in [5.74, 6) is -3.34. The Morgan fingerprint density at radius 3 is 2.50 bits per heavy atom. The Bertz CT molecular complexity index is 925. The topological polar surface area (TPSA) is 164 Å². The van der Waals surface area contributed by atoms with Crippen LogP contribution in [0.3, 0.4) is 0 Å². The third kappa shape index (κ3) is 5.83. The number of nitro groups is 1. The van der Waals surface area contributed by atoms with Gasteiger partial charge >= 0.3 is 11.7 Å². The van der Waals surface area contributed by atoms with Crippen LogP contribution in [0.15, 0.2) is 24.3 Å². The molecule has 2 N–H and O–H groups in total. The van der Waals surface area contributed by atoms with Gasteiger partial charge in [-0.3, -0.25) is 19.7 Å². The predicted octanol–water partition coefficient (Wildman–Crippen LogP) is 1.41. The number of unbranched alkanes of at least 4 members (excludes halogenated alkanes) is 1. The van der Waals surface area contributed by atoms with E-state index in [0.717, 1.165) is 19.4 Å². The third-order valence-electron chi connectivity index (χ3n) is 5.53. The van der Waals surface area contributed by atoms with Crippen LogP contribution in [-0.4, -0.2) is 51.7 Å². The van der Waals surface area contributed by atoms with Crippen LogP contribution < -0.4 is 10.6 Å². The number of rotatable bonds is 12. The van der Waals surface area contributed by atoms with E-state index in [0.29, 0.717) is 5.56 Å². The zero-order chi connectivity index (χ0) is 23.8. The number of ketones is 1. The van der Waals surface area contributed by atoms with Gasteiger partial charge in [0, 0.05) is 24.1 Å². The van der Waals surface area contributed by atoms with Crippen LogP contribution in [0.4, 0.5) is 5.69 Å². The molecular formula is C21H27N5O6. The summed E-state index contributed by atoms with van der Waals surface area (Å²) in [6, 6.07) is 4.65. The number of amides is 1. The molecule has 32 heavy (non-hydrogen) atoms. The van der Waals surface area contributed by atoms with E-state index in [1.54, 1.807) is 6.92 Å². The molecule has 1 fully saturated rings. The van der Waals surface area contributed by atoms with Gasteiger partial charge in [-0.2, -0.15) is 4.79 Å². The van der Waals surface area contributed by atoms with E-state index in [1.807, 2.05) is 6.92 Å². The van der Waals surface area contributed by atoms with Crippen molar-refractivity contribution in [1.29, 1.82) is 0 Å². The Morgan fingerprint density at radius 1 is 1.31 bits per heavy atom. The van der Waals surface area contributed by atoms with Gasteiger partial charge in [-0.25, -0.2) is 4.79 Å². The molecule has 0 bridgehead atoms. The highest BCUT2D eigenvalue weighted by atomic mass is 16.6. The van der Waals surface area contributed by atoms with Crippen molar-refractivity contribution >= 4 is 29.1 Å². The lowest BCUT2D eigenvalue weighted by Crippen LogP contribution is -2.67. The quantitative estimate of drug-likeness (QED) is 0.0565. The molecule has 1 heterocycles. The summed E-state index contributed by atoms with van der Waals surface area (Å²) < 4.78 is 5.02. The van der Waals surface area contributed by atoms with Gasteiger partial charge in [0.15, 0.2) is 0 Å². The van der Waals surface area contributed by atoms with Gasteiger partial charge in [0.1, 0.15) is 6.61 Å². The molecule has 172 valence electrons. The number of hydrogen-bond donors (Lipinski definition) is 2. The second kappa shape index (κ2) is 11.3. The minimum atomic E-state index is -1.13. The molecular weight excluding hydrogens is 418 g/mol. The lowest BCUT2D eigenvalue weighted by atomic mass is 9.75. The fourth-order valence-electron chi connectivity index (χ4n) is 3.53. The number of nitrogens with one attached hydrogen (secondary N) is 2. The summed E-state index contributed by atoms with van der Waals surface area (Å²) in [5.41, 5.74) is 8.82. The zero-order valence-corrected chi connectivity index (χ0v) is 18.2. The molecule has 1 unspecified atom stereocenters. The number of carbonyl (C=O) groups is 3. The Labute approximate surface area is 185 Å². The molecule has 0 saturated carbocycles. The largest absolute Gasteiger partial charge is 0.452 e. The summed E-state index contributed by atoms with van der Waals surface area (Å²) in [6.07, 6.45) is 1.97. The van der Waals surface area contributed by atoms with Gasteiger partial charge in [0.2, 0.25) is 5.91 Å². The Morgan fingerprint density at radius 2 is 1.97 bits per heavy atom. The third-order valence-corrected chi connectivity index (χ3v) is 5.53. The first-order chi connectivity index (χ1) is 15.2. The van der Waals surface area contributed by atoms with E-state index in [-0.39, 0.29) is 24.2 Å². The number of nitro benzene ring substituents is 1. The lowest BCUT2D eigenvalue weighted by molar-refractivity contribution is -0.384. The van der Waals surface area contributed by atoms with Crippen molar-refractivity contribution in [3.63, 3.8) is 0 Å². The predicted molar refractivity (Wildman–Crippen MR) is 113 cm³/mol. The molecule has 0 spiro atoms. The minimum Gasteiger partial charge on any atom is -0.452 e. The summed E-state index contributed by atoms with van der Waals surface area (Å²) in [4.78, 5) is 50.1. The molecule has 1 aromatic carbocycles. The molecule has 0 aromatic heterocycles. The number of nitrogens with zero attached hydrogens (tertiary/aromatic N) is 3. The second-order valence-electron chi connectivity index (χ2n) is 7.76. The normalized spacial score (nSPS) is 19.0. The molecule has 1 amide bonds. The molecule has 11 nitrogen and oxygen atoms in total. The smallest absolute Gasteiger partial charge is 0.441 e. The average Bonchev–Trinajstić information content (AvgIpc) is 2.76. The van der Waals surface area contributed by atoms with Crippen LogP contribution in [0, 0.1) is 22.0 Å². The van der Waals surface area contributed by atoms with E-state index in [2.05, 4.69) is 22.3 Å². The van der Waals surface area contributed by atoms with Crippen molar-refractivity contribution < 1.29 is 28.8 Å². The van der Waals surface area contributed by atoms with E-state index in [1.165, 1.54) is 24.3 Å². The first-order valence-electron chi connectivity index (χ1n) is 10.4. The number of esters is 1. The lowest BCUT2D eigenvalue weighted by Gasteiger charge is -2.43. The number of ether oxygens (including phenoxy) is 1. The zero-order valence-electron chi connectivity index (χ0n) is 18.2. The maximum atomic E-state index is 12.8. The maximum Gasteiger partial charge on any atom is 0.441 e. The minimum absolute atomic E-state index is 0.114. The van der Waals surface area contributed by atoms with Crippen LogP contribution in [0.1, 0.15) is 39.2 Å².